The highest BCUT2D eigenvalue weighted by Gasteiger charge is 2.46. The van der Waals surface area contributed by atoms with Crippen LogP contribution in [-0.2, 0) is 25.3 Å². The van der Waals surface area contributed by atoms with Crippen molar-refractivity contribution < 1.29 is 23.1 Å². The molecule has 0 bridgehead atoms. The summed E-state index contributed by atoms with van der Waals surface area (Å²) in [6.07, 6.45) is 5.03. The first-order valence-electron chi connectivity index (χ1n) is 7.52. The van der Waals surface area contributed by atoms with Crippen LogP contribution in [0.2, 0.25) is 0 Å². The summed E-state index contributed by atoms with van der Waals surface area (Å²) in [6.45, 7) is 1.80. The molecule has 10 heteroatoms. The monoisotopic (exact) mass is 344 g/mol. The minimum absolute atomic E-state index is 0.171. The third-order valence-electron chi connectivity index (χ3n) is 4.57. The molecule has 0 aliphatic carbocycles. The number of imidazole rings is 1. The molecular weight excluding hydrogens is 324 g/mol. The second kappa shape index (κ2) is 6.19. The van der Waals surface area contributed by atoms with Crippen LogP contribution in [-0.4, -0.2) is 77.0 Å². The summed E-state index contributed by atoms with van der Waals surface area (Å²) in [5.41, 5.74) is -1.13. The Labute approximate surface area is 134 Å². The van der Waals surface area contributed by atoms with Crippen LogP contribution < -0.4 is 0 Å². The largest absolute Gasteiger partial charge is 0.479 e. The summed E-state index contributed by atoms with van der Waals surface area (Å²) in [7, 11) is -3.56. The van der Waals surface area contributed by atoms with Crippen molar-refractivity contribution in [2.75, 3.05) is 39.4 Å². The van der Waals surface area contributed by atoms with Crippen LogP contribution in [0, 0.1) is 0 Å². The molecule has 23 heavy (non-hydrogen) atoms. The topological polar surface area (TPSA) is 105 Å². The Morgan fingerprint density at radius 3 is 2.26 bits per heavy atom. The highest BCUT2D eigenvalue weighted by molar-refractivity contribution is 7.86. The van der Waals surface area contributed by atoms with Crippen LogP contribution in [0.3, 0.4) is 0 Å². The van der Waals surface area contributed by atoms with E-state index in [0.29, 0.717) is 26.3 Å². The van der Waals surface area contributed by atoms with Gasteiger partial charge in [-0.1, -0.05) is 0 Å². The number of ether oxygens (including phenoxy) is 1. The number of hydrogen-bond donors (Lipinski definition) is 1. The van der Waals surface area contributed by atoms with Crippen molar-refractivity contribution in [3.05, 3.63) is 18.7 Å². The normalized spacial score (nSPS) is 23.7. The molecular formula is C13H20N4O5S. The molecule has 0 atom stereocenters. The van der Waals surface area contributed by atoms with Gasteiger partial charge in [-0.25, -0.2) is 9.78 Å². The molecule has 2 saturated heterocycles. The lowest BCUT2D eigenvalue weighted by Crippen LogP contribution is -2.55. The first-order valence-corrected chi connectivity index (χ1v) is 8.91. The van der Waals surface area contributed by atoms with Crippen molar-refractivity contribution in [1.82, 2.24) is 18.2 Å². The minimum Gasteiger partial charge on any atom is -0.479 e. The van der Waals surface area contributed by atoms with Gasteiger partial charge in [0.1, 0.15) is 5.54 Å². The van der Waals surface area contributed by atoms with E-state index in [9.17, 15) is 18.3 Å². The third-order valence-corrected chi connectivity index (χ3v) is 6.60. The number of aromatic nitrogens is 2. The average molecular weight is 344 g/mol. The zero-order valence-corrected chi connectivity index (χ0v) is 13.5. The number of rotatable bonds is 4. The van der Waals surface area contributed by atoms with Crippen molar-refractivity contribution in [1.29, 1.82) is 0 Å². The molecule has 1 N–H and O–H groups in total. The van der Waals surface area contributed by atoms with E-state index in [1.165, 1.54) is 21.1 Å². The first kappa shape index (κ1) is 16.4. The first-order chi connectivity index (χ1) is 11.0. The summed E-state index contributed by atoms with van der Waals surface area (Å²) in [6, 6.07) is 0. The van der Waals surface area contributed by atoms with Gasteiger partial charge in [0.25, 0.3) is 10.2 Å². The Bertz CT molecular complexity index is 646. The van der Waals surface area contributed by atoms with Gasteiger partial charge in [-0.15, -0.1) is 0 Å². The fourth-order valence-corrected chi connectivity index (χ4v) is 4.70. The Morgan fingerprint density at radius 2 is 1.74 bits per heavy atom. The van der Waals surface area contributed by atoms with Crippen molar-refractivity contribution >= 4 is 16.2 Å². The molecule has 1 aromatic rings. The van der Waals surface area contributed by atoms with Gasteiger partial charge in [0.05, 0.1) is 19.5 Å². The number of piperidine rings is 1. The fourth-order valence-electron chi connectivity index (χ4n) is 3.12. The SMILES string of the molecule is O=C(O)C1(n2ccnc2)CCN(S(=O)(=O)N2CCOCC2)CC1. The Balaban J connectivity index is 1.75. The molecule has 2 aliphatic heterocycles. The van der Waals surface area contributed by atoms with Gasteiger partial charge in [-0.2, -0.15) is 17.0 Å². The molecule has 3 rings (SSSR count). The van der Waals surface area contributed by atoms with E-state index in [4.69, 9.17) is 4.74 Å². The van der Waals surface area contributed by atoms with E-state index in [-0.39, 0.29) is 25.9 Å². The van der Waals surface area contributed by atoms with Gasteiger partial charge in [0.15, 0.2) is 0 Å². The lowest BCUT2D eigenvalue weighted by molar-refractivity contribution is -0.149. The van der Waals surface area contributed by atoms with Gasteiger partial charge in [-0.3, -0.25) is 0 Å². The molecule has 1 aromatic heterocycles. The maximum absolute atomic E-state index is 12.6. The molecule has 0 radical (unpaired) electrons. The number of carboxylic acids is 1. The quantitative estimate of drug-likeness (QED) is 0.777. The summed E-state index contributed by atoms with van der Waals surface area (Å²) in [5, 5.41) is 9.65. The van der Waals surface area contributed by atoms with Crippen LogP contribution in [0.1, 0.15) is 12.8 Å². The fraction of sp³-hybridized carbons (Fsp3) is 0.692. The summed E-state index contributed by atoms with van der Waals surface area (Å²) in [5.74, 6) is -0.959. The average Bonchev–Trinajstić information content (AvgIpc) is 3.10. The van der Waals surface area contributed by atoms with Gasteiger partial charge < -0.3 is 14.4 Å². The third kappa shape index (κ3) is 2.87. The van der Waals surface area contributed by atoms with Crippen LogP contribution >= 0.6 is 0 Å². The smallest absolute Gasteiger partial charge is 0.330 e. The molecule has 2 aliphatic rings. The van der Waals surface area contributed by atoms with E-state index >= 15 is 0 Å². The molecule has 0 saturated carbocycles. The molecule has 0 amide bonds. The predicted molar refractivity (Wildman–Crippen MR) is 80.0 cm³/mol. The summed E-state index contributed by atoms with van der Waals surface area (Å²) >= 11 is 0. The summed E-state index contributed by atoms with van der Waals surface area (Å²) in [4.78, 5) is 15.7. The molecule has 3 heterocycles. The van der Waals surface area contributed by atoms with Crippen molar-refractivity contribution in [2.24, 2.45) is 0 Å². The minimum atomic E-state index is -3.56. The summed E-state index contributed by atoms with van der Waals surface area (Å²) < 4.78 is 34.8. The van der Waals surface area contributed by atoms with E-state index in [1.54, 1.807) is 10.8 Å². The lowest BCUT2D eigenvalue weighted by Gasteiger charge is -2.40. The van der Waals surface area contributed by atoms with Crippen LogP contribution in [0.5, 0.6) is 0 Å². The lowest BCUT2D eigenvalue weighted by atomic mass is 9.88. The van der Waals surface area contributed by atoms with Crippen LogP contribution in [0.4, 0.5) is 0 Å². The van der Waals surface area contributed by atoms with E-state index < -0.39 is 21.7 Å². The van der Waals surface area contributed by atoms with Gasteiger partial charge in [-0.05, 0) is 12.8 Å². The maximum atomic E-state index is 12.6. The van der Waals surface area contributed by atoms with E-state index in [1.807, 2.05) is 0 Å². The molecule has 0 unspecified atom stereocenters. The zero-order chi connectivity index (χ0) is 16.5. The highest BCUT2D eigenvalue weighted by atomic mass is 32.2. The molecule has 128 valence electrons. The Kier molecular flexibility index (Phi) is 4.41. The van der Waals surface area contributed by atoms with Crippen LogP contribution in [0.25, 0.3) is 0 Å². The highest BCUT2D eigenvalue weighted by Crippen LogP contribution is 2.32. The number of hydrogen-bond acceptors (Lipinski definition) is 5. The molecule has 0 spiro atoms. The predicted octanol–water partition coefficient (Wildman–Crippen LogP) is -0.664. The standard InChI is InChI=1S/C13H20N4O5S/c18-12(19)13(15-6-3-14-11-15)1-4-16(5-2-13)23(20,21)17-7-9-22-10-8-17/h3,6,11H,1-2,4-5,7-10H2,(H,18,19). The molecule has 0 aromatic carbocycles. The Hall–Kier alpha value is -1.49. The Morgan fingerprint density at radius 1 is 1.13 bits per heavy atom. The van der Waals surface area contributed by atoms with E-state index in [2.05, 4.69) is 4.98 Å². The number of carbonyl (C=O) groups is 1. The molecule has 9 nitrogen and oxygen atoms in total. The van der Waals surface area contributed by atoms with Gasteiger partial charge in [0.2, 0.25) is 0 Å². The number of morpholine rings is 1. The van der Waals surface area contributed by atoms with Crippen molar-refractivity contribution in [3.63, 3.8) is 0 Å². The number of carboxylic acid groups (broad SMARTS) is 1. The second-order valence-corrected chi connectivity index (χ2v) is 7.65. The van der Waals surface area contributed by atoms with Gasteiger partial charge in [0, 0.05) is 38.6 Å². The number of nitrogens with zero attached hydrogens (tertiary/aromatic N) is 4. The molecule has 2 fully saturated rings. The number of aliphatic carboxylic acids is 1. The van der Waals surface area contributed by atoms with Crippen LogP contribution in [0.15, 0.2) is 18.7 Å². The van der Waals surface area contributed by atoms with Gasteiger partial charge >= 0.3 is 5.97 Å². The second-order valence-electron chi connectivity index (χ2n) is 5.72. The van der Waals surface area contributed by atoms with Crippen molar-refractivity contribution in [2.45, 2.75) is 18.4 Å². The maximum Gasteiger partial charge on any atom is 0.330 e. The van der Waals surface area contributed by atoms with Crippen molar-refractivity contribution in [3.8, 4) is 0 Å². The van der Waals surface area contributed by atoms with E-state index in [0.717, 1.165) is 0 Å². The zero-order valence-electron chi connectivity index (χ0n) is 12.7.